The van der Waals surface area contributed by atoms with Gasteiger partial charge in [-0.3, -0.25) is 27.9 Å². The van der Waals surface area contributed by atoms with Crippen LogP contribution in [-0.2, 0) is 18.1 Å². The van der Waals surface area contributed by atoms with Crippen molar-refractivity contribution in [3.05, 3.63) is 63.9 Å². The number of hydrogen-bond donors (Lipinski definition) is 2. The summed E-state index contributed by atoms with van der Waals surface area (Å²) in [6.45, 7) is 3.63. The molecule has 1 aliphatic rings. The number of imidazole rings is 1. The summed E-state index contributed by atoms with van der Waals surface area (Å²) in [6.07, 6.45) is 0.756. The first-order chi connectivity index (χ1) is 14.3. The van der Waals surface area contributed by atoms with E-state index in [-0.39, 0.29) is 35.7 Å². The molecule has 0 spiro atoms. The number of nitrogens with two attached hydrogens (primary N) is 1. The maximum Gasteiger partial charge on any atom is 0.477 e. The van der Waals surface area contributed by atoms with Gasteiger partial charge in [-0.25, -0.2) is 13.9 Å². The second-order valence-corrected chi connectivity index (χ2v) is 8.35. The van der Waals surface area contributed by atoms with Crippen molar-refractivity contribution in [3.8, 4) is 0 Å². The first-order valence-electron chi connectivity index (χ1n) is 8.71. The van der Waals surface area contributed by atoms with Crippen LogP contribution in [0.5, 0.6) is 0 Å². The molecule has 1 saturated heterocycles. The van der Waals surface area contributed by atoms with Gasteiger partial charge in [-0.05, 0) is 24.3 Å². The van der Waals surface area contributed by atoms with Crippen molar-refractivity contribution >= 4 is 36.5 Å². The molecule has 1 aromatic carbocycles. The molecule has 0 radical (unpaired) electrons. The zero-order valence-corrected chi connectivity index (χ0v) is 17.0. The smallest absolute Gasteiger partial charge is 0.369 e. The lowest BCUT2D eigenvalue weighted by Crippen LogP contribution is -2.19. The molecule has 3 atom stereocenters. The third kappa shape index (κ3) is 3.90. The van der Waals surface area contributed by atoms with Gasteiger partial charge in [0.05, 0.1) is 19.0 Å². The zero-order chi connectivity index (χ0) is 21.5. The molecular formula is C17H16ClFN5O5P. The normalized spacial score (nSPS) is 22.8. The van der Waals surface area contributed by atoms with E-state index in [0.29, 0.717) is 5.02 Å². The standard InChI is InChI=1S/C17H16ClFN5O5P/c1-2-13(24-8-21-14-15(24)22-17(20)23-16(14)25)29-30(26)27-6-5-12(28-30)10-7-9(18)3-4-11(10)19/h2-4,7-8,12-13H,1,5-6H2,(H3,20,22,23,25)/t12-,13?,30-/m1/s1. The van der Waals surface area contributed by atoms with Gasteiger partial charge in [0.15, 0.2) is 17.4 Å². The van der Waals surface area contributed by atoms with Gasteiger partial charge in [-0.2, -0.15) is 4.98 Å². The Labute approximate surface area is 174 Å². The third-order valence-electron chi connectivity index (χ3n) is 4.35. The predicted octanol–water partition coefficient (Wildman–Crippen LogP) is 3.48. The predicted molar refractivity (Wildman–Crippen MR) is 106 cm³/mol. The average Bonchev–Trinajstić information content (AvgIpc) is 3.12. The fraction of sp³-hybridized carbons (Fsp3) is 0.235. The van der Waals surface area contributed by atoms with E-state index < -0.39 is 31.5 Å². The van der Waals surface area contributed by atoms with Crippen molar-refractivity contribution in [3.63, 3.8) is 0 Å². The van der Waals surface area contributed by atoms with Crippen molar-refractivity contribution in [2.45, 2.75) is 18.8 Å². The summed E-state index contributed by atoms with van der Waals surface area (Å²) in [5.41, 5.74) is 5.27. The molecule has 0 saturated carbocycles. The summed E-state index contributed by atoms with van der Waals surface area (Å²) in [4.78, 5) is 22.3. The van der Waals surface area contributed by atoms with Crippen LogP contribution in [0.1, 0.15) is 24.3 Å². The number of H-pyrrole nitrogens is 1. The number of nitrogen functional groups attached to an aromatic ring is 1. The van der Waals surface area contributed by atoms with E-state index >= 15 is 0 Å². The third-order valence-corrected chi connectivity index (χ3v) is 6.08. The van der Waals surface area contributed by atoms with E-state index in [1.165, 1.54) is 35.2 Å². The minimum atomic E-state index is -4.16. The molecule has 1 unspecified atom stereocenters. The fourth-order valence-corrected chi connectivity index (χ4v) is 4.67. The summed E-state index contributed by atoms with van der Waals surface area (Å²) in [7, 11) is -4.16. The molecule has 4 rings (SSSR count). The average molecular weight is 456 g/mol. The maximum atomic E-state index is 14.2. The number of rotatable bonds is 5. The minimum absolute atomic E-state index is 0.00212. The maximum absolute atomic E-state index is 14.2. The number of benzene rings is 1. The number of aromatic amines is 1. The Kier molecular flexibility index (Phi) is 5.48. The van der Waals surface area contributed by atoms with Gasteiger partial charge >= 0.3 is 7.82 Å². The molecule has 10 nitrogen and oxygen atoms in total. The number of phosphoric ester groups is 1. The lowest BCUT2D eigenvalue weighted by molar-refractivity contribution is 0.00569. The molecule has 1 fully saturated rings. The number of phosphoric acid groups is 1. The molecule has 158 valence electrons. The summed E-state index contributed by atoms with van der Waals surface area (Å²) >= 11 is 5.94. The molecule has 3 heterocycles. The Morgan fingerprint density at radius 3 is 3.10 bits per heavy atom. The van der Waals surface area contributed by atoms with Crippen LogP contribution in [0.4, 0.5) is 10.3 Å². The molecule has 0 aliphatic carbocycles. The molecule has 0 amide bonds. The van der Waals surface area contributed by atoms with E-state index in [1.807, 2.05) is 0 Å². The van der Waals surface area contributed by atoms with Crippen LogP contribution in [0.15, 0.2) is 42.0 Å². The van der Waals surface area contributed by atoms with Crippen molar-refractivity contribution in [2.24, 2.45) is 0 Å². The number of hydrogen-bond acceptors (Lipinski definition) is 8. The molecule has 1 aliphatic heterocycles. The van der Waals surface area contributed by atoms with E-state index in [1.54, 1.807) is 0 Å². The number of fused-ring (bicyclic) bond motifs is 1. The van der Waals surface area contributed by atoms with Gasteiger partial charge < -0.3 is 5.73 Å². The van der Waals surface area contributed by atoms with Crippen LogP contribution in [0.25, 0.3) is 11.2 Å². The summed E-state index contributed by atoms with van der Waals surface area (Å²) in [5, 5.41) is 0.306. The van der Waals surface area contributed by atoms with Gasteiger partial charge in [-0.1, -0.05) is 18.2 Å². The highest BCUT2D eigenvalue weighted by molar-refractivity contribution is 7.48. The number of nitrogens with zero attached hydrogens (tertiary/aromatic N) is 3. The van der Waals surface area contributed by atoms with E-state index in [0.717, 1.165) is 0 Å². The zero-order valence-electron chi connectivity index (χ0n) is 15.3. The Bertz CT molecular complexity index is 1230. The van der Waals surface area contributed by atoms with Gasteiger partial charge in [0.2, 0.25) is 5.95 Å². The number of halogens is 2. The van der Waals surface area contributed by atoms with Crippen molar-refractivity contribution in [1.29, 1.82) is 0 Å². The molecule has 3 aromatic rings. The largest absolute Gasteiger partial charge is 0.477 e. The molecule has 3 N–H and O–H groups in total. The number of anilines is 1. The van der Waals surface area contributed by atoms with Gasteiger partial charge in [0, 0.05) is 17.0 Å². The minimum Gasteiger partial charge on any atom is -0.369 e. The van der Waals surface area contributed by atoms with Crippen LogP contribution < -0.4 is 11.3 Å². The second kappa shape index (κ2) is 7.93. The van der Waals surface area contributed by atoms with Crippen LogP contribution in [0.3, 0.4) is 0 Å². The van der Waals surface area contributed by atoms with Gasteiger partial charge in [0.25, 0.3) is 5.56 Å². The first kappa shape index (κ1) is 20.7. The van der Waals surface area contributed by atoms with E-state index in [9.17, 15) is 13.8 Å². The fourth-order valence-electron chi connectivity index (χ4n) is 3.01. The highest BCUT2D eigenvalue weighted by Gasteiger charge is 2.39. The molecule has 30 heavy (non-hydrogen) atoms. The highest BCUT2D eigenvalue weighted by Crippen LogP contribution is 2.59. The van der Waals surface area contributed by atoms with Crippen LogP contribution in [-0.4, -0.2) is 26.1 Å². The molecule has 13 heteroatoms. The van der Waals surface area contributed by atoms with Crippen LogP contribution in [0.2, 0.25) is 5.02 Å². The van der Waals surface area contributed by atoms with Crippen LogP contribution in [0, 0.1) is 5.82 Å². The van der Waals surface area contributed by atoms with Crippen LogP contribution >= 0.6 is 19.4 Å². The Balaban J connectivity index is 1.63. The lowest BCUT2D eigenvalue weighted by atomic mass is 10.1. The molecular weight excluding hydrogens is 440 g/mol. The summed E-state index contributed by atoms with van der Waals surface area (Å²) in [6, 6.07) is 3.98. The summed E-state index contributed by atoms with van der Waals surface area (Å²) < 4.78 is 44.9. The van der Waals surface area contributed by atoms with Crippen molar-refractivity contribution in [1.82, 2.24) is 19.5 Å². The molecule has 0 bridgehead atoms. The monoisotopic (exact) mass is 455 g/mol. The van der Waals surface area contributed by atoms with E-state index in [4.69, 9.17) is 30.9 Å². The first-order valence-corrected chi connectivity index (χ1v) is 10.5. The number of nitrogens with one attached hydrogen (secondary N) is 1. The Morgan fingerprint density at radius 2 is 2.33 bits per heavy atom. The Morgan fingerprint density at radius 1 is 1.53 bits per heavy atom. The Hall–Kier alpha value is -2.56. The second-order valence-electron chi connectivity index (χ2n) is 6.34. The quantitative estimate of drug-likeness (QED) is 0.441. The van der Waals surface area contributed by atoms with Gasteiger partial charge in [0.1, 0.15) is 5.82 Å². The van der Waals surface area contributed by atoms with E-state index in [2.05, 4.69) is 21.5 Å². The topological polar surface area (TPSA) is 134 Å². The highest BCUT2D eigenvalue weighted by atomic mass is 35.5. The summed E-state index contributed by atoms with van der Waals surface area (Å²) in [5.74, 6) is -0.692. The van der Waals surface area contributed by atoms with Gasteiger partial charge in [-0.15, -0.1) is 0 Å². The van der Waals surface area contributed by atoms with Crippen molar-refractivity contribution < 1.29 is 22.5 Å². The molecule has 2 aromatic heterocycles. The lowest BCUT2D eigenvalue weighted by Gasteiger charge is -2.31. The van der Waals surface area contributed by atoms with Crippen molar-refractivity contribution in [2.75, 3.05) is 12.3 Å². The SMILES string of the molecule is C=CC(O[P@]1(=O)OCC[C@H](c2cc(Cl)ccc2F)O1)n1cnc2c(=O)[nH]c(N)nc21. The number of aromatic nitrogens is 4.